The highest BCUT2D eigenvalue weighted by molar-refractivity contribution is 6.04. The van der Waals surface area contributed by atoms with Gasteiger partial charge in [-0.3, -0.25) is 9.59 Å². The summed E-state index contributed by atoms with van der Waals surface area (Å²) in [6.45, 7) is 3.18. The average Bonchev–Trinajstić information content (AvgIpc) is 2.46. The van der Waals surface area contributed by atoms with Crippen molar-refractivity contribution in [2.45, 2.75) is 20.0 Å². The summed E-state index contributed by atoms with van der Waals surface area (Å²) in [5, 5.41) is 1.81. The van der Waals surface area contributed by atoms with Gasteiger partial charge in [0.05, 0.1) is 5.56 Å². The van der Waals surface area contributed by atoms with E-state index >= 15 is 0 Å². The molecule has 2 aromatic carbocycles. The Hall–Kier alpha value is -2.36. The van der Waals surface area contributed by atoms with E-state index in [1.54, 1.807) is 27.1 Å². The van der Waals surface area contributed by atoms with Crippen LogP contribution in [0.1, 0.15) is 24.2 Å². The van der Waals surface area contributed by atoms with E-state index in [0.717, 1.165) is 10.8 Å². The molecule has 0 saturated heterocycles. The summed E-state index contributed by atoms with van der Waals surface area (Å²) in [7, 11) is 3.36. The molecule has 0 bridgehead atoms. The maximum Gasteiger partial charge on any atom is 0.262 e. The molecule has 0 fully saturated rings. The average molecular weight is 285 g/mol. The van der Waals surface area contributed by atoms with E-state index in [4.69, 9.17) is 4.74 Å². The second kappa shape index (κ2) is 5.95. The zero-order valence-electron chi connectivity index (χ0n) is 12.7. The Labute approximate surface area is 124 Å². The number of amides is 1. The van der Waals surface area contributed by atoms with Crippen molar-refractivity contribution in [3.63, 3.8) is 0 Å². The molecule has 0 aliphatic heterocycles. The van der Waals surface area contributed by atoms with Crippen molar-refractivity contribution in [1.29, 1.82) is 0 Å². The number of fused-ring (bicyclic) bond motifs is 1. The molecule has 4 heteroatoms. The number of rotatable bonds is 4. The van der Waals surface area contributed by atoms with Crippen molar-refractivity contribution in [3.05, 3.63) is 42.0 Å². The van der Waals surface area contributed by atoms with Gasteiger partial charge in [-0.05, 0) is 25.3 Å². The minimum Gasteiger partial charge on any atom is -0.479 e. The van der Waals surface area contributed by atoms with E-state index in [1.165, 1.54) is 11.8 Å². The van der Waals surface area contributed by atoms with Crippen molar-refractivity contribution in [1.82, 2.24) is 4.90 Å². The van der Waals surface area contributed by atoms with Crippen LogP contribution in [0.5, 0.6) is 5.75 Å². The molecule has 0 radical (unpaired) electrons. The predicted molar refractivity (Wildman–Crippen MR) is 82.7 cm³/mol. The van der Waals surface area contributed by atoms with Crippen LogP contribution in [-0.2, 0) is 4.79 Å². The van der Waals surface area contributed by atoms with E-state index in [9.17, 15) is 9.59 Å². The molecule has 4 nitrogen and oxygen atoms in total. The fourth-order valence-corrected chi connectivity index (χ4v) is 2.24. The number of carbonyl (C=O) groups excluding carboxylic acids is 2. The van der Waals surface area contributed by atoms with Crippen molar-refractivity contribution >= 4 is 22.5 Å². The number of ketones is 1. The number of likely N-dealkylation sites (N-methyl/N-ethyl adjacent to an activating group) is 1. The molecule has 0 spiro atoms. The second-order valence-corrected chi connectivity index (χ2v) is 5.21. The Morgan fingerprint density at radius 1 is 1.10 bits per heavy atom. The maximum atomic E-state index is 12.0. The number of ether oxygens (including phenoxy) is 1. The van der Waals surface area contributed by atoms with Crippen LogP contribution < -0.4 is 4.74 Å². The largest absolute Gasteiger partial charge is 0.479 e. The third kappa shape index (κ3) is 3.05. The second-order valence-electron chi connectivity index (χ2n) is 5.21. The Balaban J connectivity index is 2.52. The van der Waals surface area contributed by atoms with Crippen LogP contribution in [-0.4, -0.2) is 36.8 Å². The first-order valence-electron chi connectivity index (χ1n) is 6.82. The smallest absolute Gasteiger partial charge is 0.262 e. The highest BCUT2D eigenvalue weighted by Gasteiger charge is 2.20. The van der Waals surface area contributed by atoms with Crippen LogP contribution in [0, 0.1) is 0 Å². The number of nitrogens with zero attached hydrogens (tertiary/aromatic N) is 1. The van der Waals surface area contributed by atoms with Gasteiger partial charge in [-0.15, -0.1) is 0 Å². The van der Waals surface area contributed by atoms with Gasteiger partial charge in [-0.25, -0.2) is 0 Å². The van der Waals surface area contributed by atoms with E-state index in [0.29, 0.717) is 11.3 Å². The molecule has 0 saturated carbocycles. The molecule has 110 valence electrons. The highest BCUT2D eigenvalue weighted by Crippen LogP contribution is 2.31. The fraction of sp³-hybridized carbons (Fsp3) is 0.294. The normalized spacial score (nSPS) is 12.0. The van der Waals surface area contributed by atoms with Crippen molar-refractivity contribution in [2.75, 3.05) is 14.1 Å². The highest BCUT2D eigenvalue weighted by atomic mass is 16.5. The van der Waals surface area contributed by atoms with Crippen LogP contribution in [0.15, 0.2) is 36.4 Å². The molecule has 1 atom stereocenters. The minimum atomic E-state index is -0.649. The number of carbonyl (C=O) groups is 2. The van der Waals surface area contributed by atoms with Crippen molar-refractivity contribution < 1.29 is 14.3 Å². The van der Waals surface area contributed by atoms with Crippen LogP contribution in [0.2, 0.25) is 0 Å². The number of hydrogen-bond acceptors (Lipinski definition) is 3. The van der Waals surface area contributed by atoms with Gasteiger partial charge < -0.3 is 9.64 Å². The Morgan fingerprint density at radius 2 is 1.76 bits per heavy atom. The summed E-state index contributed by atoms with van der Waals surface area (Å²) in [6, 6.07) is 11.3. The topological polar surface area (TPSA) is 46.6 Å². The van der Waals surface area contributed by atoms with Crippen molar-refractivity contribution in [3.8, 4) is 5.75 Å². The van der Waals surface area contributed by atoms with Gasteiger partial charge in [-0.1, -0.05) is 30.3 Å². The minimum absolute atomic E-state index is 0.0831. The van der Waals surface area contributed by atoms with Gasteiger partial charge in [-0.2, -0.15) is 0 Å². The van der Waals surface area contributed by atoms with Gasteiger partial charge in [0.15, 0.2) is 11.9 Å². The third-order valence-electron chi connectivity index (χ3n) is 3.34. The summed E-state index contributed by atoms with van der Waals surface area (Å²) in [5.41, 5.74) is 0.493. The van der Waals surface area contributed by atoms with Crippen LogP contribution in [0.25, 0.3) is 10.8 Å². The number of benzene rings is 2. The van der Waals surface area contributed by atoms with Gasteiger partial charge in [0.2, 0.25) is 0 Å². The van der Waals surface area contributed by atoms with Gasteiger partial charge in [0.25, 0.3) is 5.91 Å². The number of hydrogen-bond donors (Lipinski definition) is 0. The van der Waals surface area contributed by atoms with E-state index < -0.39 is 6.10 Å². The molecule has 21 heavy (non-hydrogen) atoms. The van der Waals surface area contributed by atoms with Gasteiger partial charge in [0.1, 0.15) is 5.75 Å². The quantitative estimate of drug-likeness (QED) is 0.811. The lowest BCUT2D eigenvalue weighted by Crippen LogP contribution is -2.35. The third-order valence-corrected chi connectivity index (χ3v) is 3.34. The first kappa shape index (κ1) is 15.0. The standard InChI is InChI=1S/C17H19NO3/c1-11(19)14-10-9-13-7-5-6-8-15(13)16(14)21-12(2)17(20)18(3)4/h5-10,12H,1-4H3. The molecule has 0 heterocycles. The molecular weight excluding hydrogens is 266 g/mol. The molecule has 1 unspecified atom stereocenters. The SMILES string of the molecule is CC(=O)c1ccc2ccccc2c1OC(C)C(=O)N(C)C. The zero-order valence-corrected chi connectivity index (χ0v) is 12.7. The lowest BCUT2D eigenvalue weighted by atomic mass is 10.0. The van der Waals surface area contributed by atoms with Crippen molar-refractivity contribution in [2.24, 2.45) is 0 Å². The molecular formula is C17H19NO3. The molecule has 2 aromatic rings. The monoisotopic (exact) mass is 285 g/mol. The Morgan fingerprint density at radius 3 is 2.38 bits per heavy atom. The molecule has 0 aliphatic rings. The fourth-order valence-electron chi connectivity index (χ4n) is 2.24. The summed E-state index contributed by atoms with van der Waals surface area (Å²) < 4.78 is 5.83. The molecule has 1 amide bonds. The van der Waals surface area contributed by atoms with E-state index in [2.05, 4.69) is 0 Å². The lowest BCUT2D eigenvalue weighted by molar-refractivity contribution is -0.135. The van der Waals surface area contributed by atoms with E-state index in [1.807, 2.05) is 30.3 Å². The van der Waals surface area contributed by atoms with Gasteiger partial charge >= 0.3 is 0 Å². The predicted octanol–water partition coefficient (Wildman–Crippen LogP) is 2.90. The first-order chi connectivity index (χ1) is 9.91. The summed E-state index contributed by atoms with van der Waals surface area (Å²) in [5.74, 6) is 0.251. The molecule has 2 rings (SSSR count). The van der Waals surface area contributed by atoms with E-state index in [-0.39, 0.29) is 11.7 Å². The first-order valence-corrected chi connectivity index (χ1v) is 6.82. The Bertz CT molecular complexity index is 691. The summed E-state index contributed by atoms with van der Waals surface area (Å²) in [4.78, 5) is 25.3. The van der Waals surface area contributed by atoms with Crippen LogP contribution in [0.4, 0.5) is 0 Å². The number of Topliss-reactive ketones (excluding diaryl/α,β-unsaturated/α-hetero) is 1. The van der Waals surface area contributed by atoms with Gasteiger partial charge in [0, 0.05) is 19.5 Å². The molecule has 0 aliphatic carbocycles. The Kier molecular flexibility index (Phi) is 4.26. The summed E-state index contributed by atoms with van der Waals surface area (Å²) >= 11 is 0. The van der Waals surface area contributed by atoms with Crippen LogP contribution in [0.3, 0.4) is 0 Å². The lowest BCUT2D eigenvalue weighted by Gasteiger charge is -2.20. The van der Waals surface area contributed by atoms with Crippen LogP contribution >= 0.6 is 0 Å². The molecule has 0 aromatic heterocycles. The maximum absolute atomic E-state index is 12.0. The molecule has 0 N–H and O–H groups in total. The zero-order chi connectivity index (χ0) is 15.6. The summed E-state index contributed by atoms with van der Waals surface area (Å²) in [6.07, 6.45) is -0.649.